The zero-order chi connectivity index (χ0) is 4.24. The van der Waals surface area contributed by atoms with Gasteiger partial charge in [0.1, 0.15) is 0 Å². The Balaban J connectivity index is -0.000000120. The molecule has 9 heavy (non-hydrogen) atoms. The van der Waals surface area contributed by atoms with Gasteiger partial charge < -0.3 is 6.15 Å². The fourth-order valence-corrected chi connectivity index (χ4v) is 0.313. The molecule has 0 saturated carbocycles. The summed E-state index contributed by atoms with van der Waals surface area (Å²) in [5.41, 5.74) is 0. The molecule has 0 radical (unpaired) electrons. The highest BCUT2D eigenvalue weighted by Gasteiger charge is 1.58. The number of hydrogen-bond acceptors (Lipinski definition) is 2. The first-order valence-electron chi connectivity index (χ1n) is 1.85. The first kappa shape index (κ1) is 15.9. The lowest BCUT2D eigenvalue weighted by atomic mass is 10.5. The Bertz CT molecular complexity index is 84.9. The van der Waals surface area contributed by atoms with E-state index in [2.05, 4.69) is 4.98 Å². The van der Waals surface area contributed by atoms with E-state index in [-0.39, 0.29) is 31.0 Å². The first-order chi connectivity index (χ1) is 3.00. The van der Waals surface area contributed by atoms with E-state index in [1.165, 1.54) is 0 Å². The van der Waals surface area contributed by atoms with Gasteiger partial charge in [0.2, 0.25) is 0 Å². The summed E-state index contributed by atoms with van der Waals surface area (Å²) in [7, 11) is 0. The Morgan fingerprint density at radius 3 is 1.33 bits per heavy atom. The zero-order valence-electron chi connectivity index (χ0n) is 4.86. The van der Waals surface area contributed by atoms with Gasteiger partial charge >= 0.3 is 0 Å². The summed E-state index contributed by atoms with van der Waals surface area (Å²) in [5.74, 6) is 0. The minimum Gasteiger partial charge on any atom is -0.344 e. The summed E-state index contributed by atoms with van der Waals surface area (Å²) in [6.07, 6.45) is 3.50. The third-order valence-corrected chi connectivity index (χ3v) is 0.566. The average molecular weight is 169 g/mol. The summed E-state index contributed by atoms with van der Waals surface area (Å²) < 4.78 is 0. The largest absolute Gasteiger partial charge is 0.344 e. The van der Waals surface area contributed by atoms with Crippen molar-refractivity contribution >= 4 is 24.8 Å². The molecular weight excluding hydrogens is 159 g/mol. The maximum atomic E-state index is 3.78. The van der Waals surface area contributed by atoms with Crippen LogP contribution in [0.15, 0.2) is 30.6 Å². The van der Waals surface area contributed by atoms with Gasteiger partial charge in [0.05, 0.1) is 0 Å². The second-order valence-corrected chi connectivity index (χ2v) is 1.02. The molecule has 0 unspecified atom stereocenters. The van der Waals surface area contributed by atoms with Gasteiger partial charge in [0.15, 0.2) is 0 Å². The highest BCUT2D eigenvalue weighted by Crippen LogP contribution is 1.73. The summed E-state index contributed by atoms with van der Waals surface area (Å²) in [4.78, 5) is 3.78. The summed E-state index contributed by atoms with van der Waals surface area (Å²) >= 11 is 0. The molecule has 1 rings (SSSR count). The fraction of sp³-hybridized carbons (Fsp3) is 0. The molecule has 1 aromatic heterocycles. The molecule has 4 heteroatoms. The van der Waals surface area contributed by atoms with Gasteiger partial charge in [-0.15, -0.1) is 24.8 Å². The van der Waals surface area contributed by atoms with Crippen LogP contribution in [-0.2, 0) is 0 Å². The molecule has 0 aliphatic carbocycles. The monoisotopic (exact) mass is 168 g/mol. The lowest BCUT2D eigenvalue weighted by Gasteiger charge is -1.70. The van der Waals surface area contributed by atoms with Crippen molar-refractivity contribution in [2.45, 2.75) is 0 Å². The molecule has 1 aromatic rings. The molecule has 0 fully saturated rings. The highest BCUT2D eigenvalue weighted by atomic mass is 35.5. The van der Waals surface area contributed by atoms with Crippen molar-refractivity contribution in [3.05, 3.63) is 30.6 Å². The smallest absolute Gasteiger partial charge is 0.0267 e. The van der Waals surface area contributed by atoms with E-state index < -0.39 is 0 Å². The third kappa shape index (κ3) is 7.69. The number of aromatic nitrogens is 1. The van der Waals surface area contributed by atoms with Gasteiger partial charge in [0, 0.05) is 12.4 Å². The molecular formula is C5H10Cl2N2. The van der Waals surface area contributed by atoms with Gasteiger partial charge in [-0.05, 0) is 12.1 Å². The van der Waals surface area contributed by atoms with Gasteiger partial charge in [0.25, 0.3) is 0 Å². The minimum atomic E-state index is 0. The summed E-state index contributed by atoms with van der Waals surface area (Å²) in [5, 5.41) is 0. The van der Waals surface area contributed by atoms with Crippen LogP contribution < -0.4 is 6.15 Å². The Labute approximate surface area is 67.1 Å². The van der Waals surface area contributed by atoms with Crippen molar-refractivity contribution in [1.82, 2.24) is 11.1 Å². The molecule has 0 atom stereocenters. The van der Waals surface area contributed by atoms with Crippen LogP contribution in [0.25, 0.3) is 0 Å². The first-order valence-corrected chi connectivity index (χ1v) is 1.85. The number of hydrogen-bond donors (Lipinski definition) is 1. The Morgan fingerprint density at radius 2 is 1.22 bits per heavy atom. The van der Waals surface area contributed by atoms with E-state index >= 15 is 0 Å². The van der Waals surface area contributed by atoms with E-state index in [1.54, 1.807) is 12.4 Å². The standard InChI is InChI=1S/C5H5N.2ClH.H3N/c1-2-4-6-5-3-1;;;/h1-5H;2*1H;1H3. The number of rotatable bonds is 0. The van der Waals surface area contributed by atoms with Crippen molar-refractivity contribution < 1.29 is 0 Å². The van der Waals surface area contributed by atoms with E-state index in [0.29, 0.717) is 0 Å². The molecule has 1 heterocycles. The van der Waals surface area contributed by atoms with Gasteiger partial charge in [-0.25, -0.2) is 0 Å². The second-order valence-electron chi connectivity index (χ2n) is 1.02. The molecule has 0 spiro atoms. The van der Waals surface area contributed by atoms with Gasteiger partial charge in [-0.2, -0.15) is 0 Å². The SMILES string of the molecule is Cl.Cl.N.c1ccncc1. The Hall–Kier alpha value is -0.310. The van der Waals surface area contributed by atoms with Crippen LogP contribution in [-0.4, -0.2) is 4.98 Å². The predicted octanol–water partition coefficient (Wildman–Crippen LogP) is 2.09. The van der Waals surface area contributed by atoms with Crippen LogP contribution in [0.1, 0.15) is 0 Å². The van der Waals surface area contributed by atoms with E-state index in [9.17, 15) is 0 Å². The van der Waals surface area contributed by atoms with Gasteiger partial charge in [-0.3, -0.25) is 4.98 Å². The predicted molar refractivity (Wildman–Crippen MR) is 43.8 cm³/mol. The Kier molecular flexibility index (Phi) is 18.7. The summed E-state index contributed by atoms with van der Waals surface area (Å²) in [6, 6.07) is 5.72. The molecule has 0 saturated heterocycles. The molecule has 54 valence electrons. The molecule has 0 aliphatic rings. The van der Waals surface area contributed by atoms with Crippen molar-refractivity contribution in [3.8, 4) is 0 Å². The summed E-state index contributed by atoms with van der Waals surface area (Å²) in [6.45, 7) is 0. The van der Waals surface area contributed by atoms with Crippen LogP contribution in [0.3, 0.4) is 0 Å². The van der Waals surface area contributed by atoms with E-state index in [0.717, 1.165) is 0 Å². The van der Waals surface area contributed by atoms with Crippen LogP contribution >= 0.6 is 24.8 Å². The van der Waals surface area contributed by atoms with Crippen LogP contribution in [0.4, 0.5) is 0 Å². The van der Waals surface area contributed by atoms with E-state index in [1.807, 2.05) is 18.2 Å². The topological polar surface area (TPSA) is 47.9 Å². The molecule has 2 nitrogen and oxygen atoms in total. The quantitative estimate of drug-likeness (QED) is 0.646. The van der Waals surface area contributed by atoms with Gasteiger partial charge in [-0.1, -0.05) is 6.07 Å². The fourth-order valence-electron chi connectivity index (χ4n) is 0.313. The lowest BCUT2D eigenvalue weighted by molar-refractivity contribution is 1.33. The molecule has 3 N–H and O–H groups in total. The maximum absolute atomic E-state index is 3.78. The van der Waals surface area contributed by atoms with Crippen LogP contribution in [0.5, 0.6) is 0 Å². The number of halogens is 2. The number of nitrogens with zero attached hydrogens (tertiary/aromatic N) is 1. The molecule has 0 aromatic carbocycles. The van der Waals surface area contributed by atoms with Crippen molar-refractivity contribution in [3.63, 3.8) is 0 Å². The van der Waals surface area contributed by atoms with E-state index in [4.69, 9.17) is 0 Å². The van der Waals surface area contributed by atoms with Crippen molar-refractivity contribution in [1.29, 1.82) is 0 Å². The Morgan fingerprint density at radius 1 is 0.778 bits per heavy atom. The molecule has 0 bridgehead atoms. The molecule has 0 aliphatic heterocycles. The molecule has 0 amide bonds. The zero-order valence-corrected chi connectivity index (χ0v) is 6.49. The maximum Gasteiger partial charge on any atom is 0.0267 e. The van der Waals surface area contributed by atoms with Crippen molar-refractivity contribution in [2.24, 2.45) is 0 Å². The second kappa shape index (κ2) is 10.6. The number of pyridine rings is 1. The van der Waals surface area contributed by atoms with Crippen molar-refractivity contribution in [2.75, 3.05) is 0 Å². The minimum absolute atomic E-state index is 0. The highest BCUT2D eigenvalue weighted by molar-refractivity contribution is 5.85. The van der Waals surface area contributed by atoms with Crippen LogP contribution in [0.2, 0.25) is 0 Å². The average Bonchev–Trinajstić information content (AvgIpc) is 1.72. The third-order valence-electron chi connectivity index (χ3n) is 0.566. The normalized spacial score (nSPS) is 5.33. The van der Waals surface area contributed by atoms with Crippen LogP contribution in [0, 0.1) is 0 Å². The lowest BCUT2D eigenvalue weighted by Crippen LogP contribution is -1.58.